The van der Waals surface area contributed by atoms with Crippen LogP contribution in [0.1, 0.15) is 25.3 Å². The highest BCUT2D eigenvalue weighted by molar-refractivity contribution is 5.98. The van der Waals surface area contributed by atoms with E-state index in [2.05, 4.69) is 16.0 Å². The van der Waals surface area contributed by atoms with Gasteiger partial charge in [0.2, 0.25) is 17.7 Å². The number of hydrogen-bond acceptors (Lipinski definition) is 5. The van der Waals surface area contributed by atoms with Gasteiger partial charge in [-0.05, 0) is 50.4 Å². The first-order valence-electron chi connectivity index (χ1n) is 10.4. The minimum atomic E-state index is -0.830. The molecule has 0 aliphatic heterocycles. The maximum atomic E-state index is 13.0. The van der Waals surface area contributed by atoms with Crippen LogP contribution in [0.2, 0.25) is 0 Å². The molecule has 0 spiro atoms. The molecule has 8 nitrogen and oxygen atoms in total. The first-order chi connectivity index (χ1) is 14.9. The summed E-state index contributed by atoms with van der Waals surface area (Å²) >= 11 is 0. The molecule has 31 heavy (non-hydrogen) atoms. The Morgan fingerprint density at radius 2 is 1.35 bits per heavy atom. The number of anilines is 1. The normalized spacial score (nSPS) is 13.5. The SMILES string of the molecule is C[C@@H](N)C(=O)N[C@@H](CCc1ccccc1)C(=O)N[C@@H](CCN)C(=O)Nc1ccccc1. The summed E-state index contributed by atoms with van der Waals surface area (Å²) in [7, 11) is 0. The van der Waals surface area contributed by atoms with Crippen LogP contribution in [0, 0.1) is 0 Å². The molecule has 3 atom stereocenters. The van der Waals surface area contributed by atoms with Crippen LogP contribution < -0.4 is 27.4 Å². The van der Waals surface area contributed by atoms with Crippen molar-refractivity contribution in [2.45, 2.75) is 44.3 Å². The monoisotopic (exact) mass is 425 g/mol. The van der Waals surface area contributed by atoms with E-state index < -0.39 is 29.9 Å². The molecule has 7 N–H and O–H groups in total. The highest BCUT2D eigenvalue weighted by Crippen LogP contribution is 2.09. The Bertz CT molecular complexity index is 843. The molecule has 0 saturated carbocycles. The molecule has 0 radical (unpaired) electrons. The van der Waals surface area contributed by atoms with E-state index in [1.165, 1.54) is 0 Å². The number of aryl methyl sites for hydroxylation is 1. The topological polar surface area (TPSA) is 139 Å². The molecule has 0 bridgehead atoms. The van der Waals surface area contributed by atoms with Crippen molar-refractivity contribution >= 4 is 23.4 Å². The van der Waals surface area contributed by atoms with E-state index in [0.29, 0.717) is 18.5 Å². The summed E-state index contributed by atoms with van der Waals surface area (Å²) in [4.78, 5) is 37.8. The molecule has 0 aromatic heterocycles. The second-order valence-corrected chi connectivity index (χ2v) is 7.37. The van der Waals surface area contributed by atoms with Crippen LogP contribution in [-0.4, -0.2) is 42.4 Å². The lowest BCUT2D eigenvalue weighted by molar-refractivity contribution is -0.131. The number of rotatable bonds is 11. The van der Waals surface area contributed by atoms with Crippen molar-refractivity contribution in [1.82, 2.24) is 10.6 Å². The van der Waals surface area contributed by atoms with Crippen LogP contribution in [-0.2, 0) is 20.8 Å². The fourth-order valence-corrected chi connectivity index (χ4v) is 2.99. The zero-order valence-corrected chi connectivity index (χ0v) is 17.7. The number of carbonyl (C=O) groups is 3. The summed E-state index contributed by atoms with van der Waals surface area (Å²) in [5.74, 6) is -1.26. The van der Waals surface area contributed by atoms with Gasteiger partial charge in [0, 0.05) is 5.69 Å². The van der Waals surface area contributed by atoms with Gasteiger partial charge in [0.15, 0.2) is 0 Å². The average molecular weight is 426 g/mol. The maximum Gasteiger partial charge on any atom is 0.246 e. The molecule has 0 aliphatic rings. The molecule has 8 heteroatoms. The number of para-hydroxylation sites is 1. The quantitative estimate of drug-likeness (QED) is 0.364. The zero-order chi connectivity index (χ0) is 22.6. The van der Waals surface area contributed by atoms with Gasteiger partial charge in [-0.2, -0.15) is 0 Å². The van der Waals surface area contributed by atoms with Gasteiger partial charge in [-0.1, -0.05) is 48.5 Å². The van der Waals surface area contributed by atoms with Gasteiger partial charge in [-0.25, -0.2) is 0 Å². The summed E-state index contributed by atoms with van der Waals surface area (Å²) in [6.07, 6.45) is 1.21. The Hall–Kier alpha value is -3.23. The van der Waals surface area contributed by atoms with Gasteiger partial charge in [0.05, 0.1) is 6.04 Å². The van der Waals surface area contributed by atoms with Gasteiger partial charge in [0.25, 0.3) is 0 Å². The second kappa shape index (κ2) is 12.5. The summed E-state index contributed by atoms with van der Waals surface area (Å²) in [5, 5.41) is 8.19. The average Bonchev–Trinajstić information content (AvgIpc) is 2.77. The van der Waals surface area contributed by atoms with Crippen molar-refractivity contribution in [1.29, 1.82) is 0 Å². The van der Waals surface area contributed by atoms with Crippen molar-refractivity contribution in [3.63, 3.8) is 0 Å². The minimum absolute atomic E-state index is 0.216. The van der Waals surface area contributed by atoms with Crippen LogP contribution in [0.4, 0.5) is 5.69 Å². The summed E-state index contributed by atoms with van der Waals surface area (Å²) in [5.41, 5.74) is 13.0. The zero-order valence-electron chi connectivity index (χ0n) is 17.7. The maximum absolute atomic E-state index is 13.0. The van der Waals surface area contributed by atoms with Crippen molar-refractivity contribution in [3.8, 4) is 0 Å². The van der Waals surface area contributed by atoms with Gasteiger partial charge < -0.3 is 27.4 Å². The number of amides is 3. The van der Waals surface area contributed by atoms with Crippen molar-refractivity contribution in [2.24, 2.45) is 11.5 Å². The van der Waals surface area contributed by atoms with Gasteiger partial charge in [-0.3, -0.25) is 14.4 Å². The molecule has 2 aromatic rings. The molecule has 0 heterocycles. The summed E-state index contributed by atoms with van der Waals surface area (Å²) in [6.45, 7) is 1.76. The number of nitrogens with two attached hydrogens (primary N) is 2. The highest BCUT2D eigenvalue weighted by atomic mass is 16.2. The van der Waals surface area contributed by atoms with Crippen LogP contribution in [0.15, 0.2) is 60.7 Å². The summed E-state index contributed by atoms with van der Waals surface area (Å²) < 4.78 is 0. The first kappa shape index (κ1) is 24.0. The van der Waals surface area contributed by atoms with Crippen molar-refractivity contribution in [2.75, 3.05) is 11.9 Å². The Labute approximate surface area is 182 Å². The molecule has 3 amide bonds. The third kappa shape index (κ3) is 8.19. The van der Waals surface area contributed by atoms with Crippen molar-refractivity contribution in [3.05, 3.63) is 66.2 Å². The molecule has 0 fully saturated rings. The number of hydrogen-bond donors (Lipinski definition) is 5. The van der Waals surface area contributed by atoms with Crippen LogP contribution in [0.5, 0.6) is 0 Å². The number of carbonyl (C=O) groups excluding carboxylic acids is 3. The number of nitrogens with one attached hydrogen (secondary N) is 3. The molecule has 0 saturated heterocycles. The molecular weight excluding hydrogens is 394 g/mol. The fourth-order valence-electron chi connectivity index (χ4n) is 2.99. The van der Waals surface area contributed by atoms with Crippen LogP contribution in [0.25, 0.3) is 0 Å². The fraction of sp³-hybridized carbons (Fsp3) is 0.348. The van der Waals surface area contributed by atoms with E-state index in [0.717, 1.165) is 5.56 Å². The van der Waals surface area contributed by atoms with E-state index in [1.807, 2.05) is 36.4 Å². The lowest BCUT2D eigenvalue weighted by Crippen LogP contribution is -2.55. The lowest BCUT2D eigenvalue weighted by Gasteiger charge is -2.23. The standard InChI is InChI=1S/C23H31N5O3/c1-16(25)21(29)27-19(13-12-17-8-4-2-5-9-17)23(31)28-20(14-15-24)22(30)26-18-10-6-3-7-11-18/h2-11,16,19-20H,12-15,24-25H2,1H3,(H,26,30)(H,27,29)(H,28,31)/t16-,19+,20+/m1/s1. The van der Waals surface area contributed by atoms with E-state index in [9.17, 15) is 14.4 Å². The highest BCUT2D eigenvalue weighted by Gasteiger charge is 2.27. The van der Waals surface area contributed by atoms with Gasteiger partial charge in [0.1, 0.15) is 12.1 Å². The van der Waals surface area contributed by atoms with E-state index in [-0.39, 0.29) is 18.9 Å². The Balaban J connectivity index is 2.07. The van der Waals surface area contributed by atoms with Crippen LogP contribution >= 0.6 is 0 Å². The third-order valence-electron chi connectivity index (χ3n) is 4.74. The molecular formula is C23H31N5O3. The number of benzene rings is 2. The Kier molecular flexibility index (Phi) is 9.67. The lowest BCUT2D eigenvalue weighted by atomic mass is 10.0. The molecule has 0 aliphatic carbocycles. The summed E-state index contributed by atoms with van der Waals surface area (Å²) in [6, 6.07) is 16.2. The van der Waals surface area contributed by atoms with Gasteiger partial charge in [-0.15, -0.1) is 0 Å². The minimum Gasteiger partial charge on any atom is -0.343 e. The molecule has 166 valence electrons. The predicted octanol–water partition coefficient (Wildman–Crippen LogP) is 0.924. The van der Waals surface area contributed by atoms with E-state index >= 15 is 0 Å². The van der Waals surface area contributed by atoms with Crippen molar-refractivity contribution < 1.29 is 14.4 Å². The molecule has 0 unspecified atom stereocenters. The smallest absolute Gasteiger partial charge is 0.246 e. The van der Waals surface area contributed by atoms with Crippen LogP contribution in [0.3, 0.4) is 0 Å². The van der Waals surface area contributed by atoms with Gasteiger partial charge >= 0.3 is 0 Å². The Morgan fingerprint density at radius 1 is 0.806 bits per heavy atom. The Morgan fingerprint density at radius 3 is 1.94 bits per heavy atom. The van der Waals surface area contributed by atoms with E-state index in [1.54, 1.807) is 31.2 Å². The van der Waals surface area contributed by atoms with E-state index in [4.69, 9.17) is 11.5 Å². The molecule has 2 rings (SSSR count). The third-order valence-corrected chi connectivity index (χ3v) is 4.74. The first-order valence-corrected chi connectivity index (χ1v) is 10.4. The molecule has 2 aromatic carbocycles. The largest absolute Gasteiger partial charge is 0.343 e. The second-order valence-electron chi connectivity index (χ2n) is 7.37. The predicted molar refractivity (Wildman–Crippen MR) is 121 cm³/mol.